The van der Waals surface area contributed by atoms with E-state index >= 15 is 0 Å². The van der Waals surface area contributed by atoms with E-state index in [-0.39, 0.29) is 0 Å². The van der Waals surface area contributed by atoms with Gasteiger partial charge in [-0.15, -0.1) is 0 Å². The van der Waals surface area contributed by atoms with Crippen LogP contribution in [-0.2, 0) is 13.1 Å². The highest BCUT2D eigenvalue weighted by Gasteiger charge is 2.12. The molecule has 0 bridgehead atoms. The first-order valence-electron chi connectivity index (χ1n) is 6.12. The number of rotatable bonds is 6. The van der Waals surface area contributed by atoms with E-state index < -0.39 is 0 Å². The zero-order valence-corrected chi connectivity index (χ0v) is 13.0. The topological polar surface area (TPSA) is 56.3 Å². The fourth-order valence-corrected chi connectivity index (χ4v) is 2.27. The van der Waals surface area contributed by atoms with Crippen molar-refractivity contribution in [1.29, 1.82) is 0 Å². The summed E-state index contributed by atoms with van der Waals surface area (Å²) in [5, 5.41) is 3.34. The first-order chi connectivity index (χ1) is 9.76. The summed E-state index contributed by atoms with van der Waals surface area (Å²) in [7, 11) is 3.16. The second kappa shape index (κ2) is 7.21. The van der Waals surface area contributed by atoms with Gasteiger partial charge in [0.1, 0.15) is 6.33 Å². The quantitative estimate of drug-likeness (QED) is 0.877. The van der Waals surface area contributed by atoms with E-state index in [1.54, 1.807) is 14.2 Å². The number of aromatic nitrogens is 2. The molecule has 0 saturated carbocycles. The molecule has 0 aliphatic carbocycles. The van der Waals surface area contributed by atoms with Gasteiger partial charge in [0.25, 0.3) is 0 Å². The minimum atomic E-state index is 0.525. The van der Waals surface area contributed by atoms with Crippen molar-refractivity contribution in [2.24, 2.45) is 0 Å². The van der Waals surface area contributed by atoms with Crippen molar-refractivity contribution in [3.63, 3.8) is 0 Å². The van der Waals surface area contributed by atoms with Crippen LogP contribution in [0.4, 0.5) is 0 Å². The van der Waals surface area contributed by atoms with Crippen LogP contribution < -0.4 is 14.8 Å². The number of hydrogen-bond acceptors (Lipinski definition) is 5. The Labute approximate surface area is 126 Å². The predicted molar refractivity (Wildman–Crippen MR) is 79.8 cm³/mol. The Balaban J connectivity index is 2.06. The zero-order valence-electron chi connectivity index (χ0n) is 11.4. The van der Waals surface area contributed by atoms with Crippen LogP contribution in [0.3, 0.4) is 0 Å². The van der Waals surface area contributed by atoms with E-state index in [0.717, 1.165) is 16.6 Å². The molecule has 2 rings (SSSR count). The van der Waals surface area contributed by atoms with E-state index in [0.29, 0.717) is 18.3 Å². The van der Waals surface area contributed by atoms with E-state index in [1.165, 1.54) is 11.9 Å². The normalized spacial score (nSPS) is 10.3. The molecule has 1 aromatic heterocycles. The fourth-order valence-electron chi connectivity index (χ4n) is 1.85. The Bertz CT molecular complexity index is 556. The second-order valence-corrected chi connectivity index (χ2v) is 4.92. The van der Waals surface area contributed by atoms with Gasteiger partial charge in [-0.3, -0.25) is 0 Å². The lowest BCUT2D eigenvalue weighted by molar-refractivity contribution is 0.359. The highest BCUT2D eigenvalue weighted by Crippen LogP contribution is 2.23. The first-order valence-corrected chi connectivity index (χ1v) is 6.91. The second-order valence-electron chi connectivity index (χ2n) is 4.07. The lowest BCUT2D eigenvalue weighted by Gasteiger charge is -2.12. The van der Waals surface area contributed by atoms with Crippen LogP contribution >= 0.6 is 15.9 Å². The van der Waals surface area contributed by atoms with Crippen molar-refractivity contribution in [2.75, 3.05) is 14.2 Å². The lowest BCUT2D eigenvalue weighted by atomic mass is 10.2. The maximum atomic E-state index is 5.23. The molecule has 1 aromatic carbocycles. The van der Waals surface area contributed by atoms with E-state index in [1.807, 2.05) is 18.2 Å². The highest BCUT2D eigenvalue weighted by atomic mass is 79.9. The van der Waals surface area contributed by atoms with Gasteiger partial charge in [0.05, 0.1) is 19.8 Å². The lowest BCUT2D eigenvalue weighted by Crippen LogP contribution is -2.15. The van der Waals surface area contributed by atoms with Crippen LogP contribution in [0.1, 0.15) is 11.1 Å². The number of benzene rings is 1. The van der Waals surface area contributed by atoms with Gasteiger partial charge in [0.2, 0.25) is 11.8 Å². The maximum absolute atomic E-state index is 5.23. The molecule has 1 N–H and O–H groups in total. The van der Waals surface area contributed by atoms with Gasteiger partial charge in [-0.25, -0.2) is 9.97 Å². The molecular formula is C14H16BrN3O2. The number of nitrogens with one attached hydrogen (secondary N) is 1. The summed E-state index contributed by atoms with van der Waals surface area (Å²) in [6.45, 7) is 1.29. The average Bonchev–Trinajstić information content (AvgIpc) is 2.49. The molecule has 6 heteroatoms. The first kappa shape index (κ1) is 14.7. The molecule has 0 amide bonds. The maximum Gasteiger partial charge on any atom is 0.224 e. The third-order valence-electron chi connectivity index (χ3n) is 2.83. The van der Waals surface area contributed by atoms with Gasteiger partial charge in [0.15, 0.2) is 0 Å². The van der Waals surface area contributed by atoms with Crippen LogP contribution in [0.15, 0.2) is 35.1 Å². The third-order valence-corrected chi connectivity index (χ3v) is 3.60. The summed E-state index contributed by atoms with van der Waals surface area (Å²) in [4.78, 5) is 8.17. The molecule has 0 aliphatic heterocycles. The van der Waals surface area contributed by atoms with E-state index in [4.69, 9.17) is 9.47 Å². The molecule has 0 atom stereocenters. The fraction of sp³-hybridized carbons (Fsp3) is 0.286. The number of nitrogens with zero attached hydrogens (tertiary/aromatic N) is 2. The molecule has 0 fully saturated rings. The molecule has 106 valence electrons. The van der Waals surface area contributed by atoms with Crippen molar-refractivity contribution in [1.82, 2.24) is 15.3 Å². The van der Waals surface area contributed by atoms with Gasteiger partial charge < -0.3 is 14.8 Å². The number of ether oxygens (including phenoxy) is 2. The summed E-state index contributed by atoms with van der Waals surface area (Å²) in [5.74, 6) is 1.05. The molecule has 0 radical (unpaired) electrons. The summed E-state index contributed by atoms with van der Waals surface area (Å²) < 4.78 is 11.5. The molecular weight excluding hydrogens is 322 g/mol. The Hall–Kier alpha value is -1.66. The van der Waals surface area contributed by atoms with Crippen molar-refractivity contribution in [3.05, 3.63) is 46.2 Å². The summed E-state index contributed by atoms with van der Waals surface area (Å²) in [6.07, 6.45) is 1.43. The van der Waals surface area contributed by atoms with Gasteiger partial charge in [-0.2, -0.15) is 0 Å². The average molecular weight is 338 g/mol. The van der Waals surface area contributed by atoms with Crippen LogP contribution in [-0.4, -0.2) is 24.2 Å². The Morgan fingerprint density at radius 2 is 1.70 bits per heavy atom. The molecule has 5 nitrogen and oxygen atoms in total. The van der Waals surface area contributed by atoms with E-state index in [2.05, 4.69) is 37.3 Å². The molecule has 0 spiro atoms. The van der Waals surface area contributed by atoms with Crippen molar-refractivity contribution >= 4 is 15.9 Å². The number of hydrogen-bond donors (Lipinski definition) is 1. The van der Waals surface area contributed by atoms with Crippen LogP contribution in [0.5, 0.6) is 11.8 Å². The summed E-state index contributed by atoms with van der Waals surface area (Å²) >= 11 is 3.52. The molecule has 0 unspecified atom stereocenters. The third kappa shape index (κ3) is 3.46. The highest BCUT2D eigenvalue weighted by molar-refractivity contribution is 9.10. The number of methoxy groups -OCH3 is 2. The zero-order chi connectivity index (χ0) is 14.4. The van der Waals surface area contributed by atoms with Crippen LogP contribution in [0, 0.1) is 0 Å². The minimum absolute atomic E-state index is 0.525. The van der Waals surface area contributed by atoms with Crippen molar-refractivity contribution < 1.29 is 9.47 Å². The largest absolute Gasteiger partial charge is 0.481 e. The molecule has 0 aliphatic rings. The van der Waals surface area contributed by atoms with Crippen LogP contribution in [0.25, 0.3) is 0 Å². The molecule has 0 saturated heterocycles. The predicted octanol–water partition coefficient (Wildman–Crippen LogP) is 2.55. The molecule has 1 heterocycles. The number of halogens is 1. The Kier molecular flexibility index (Phi) is 5.31. The van der Waals surface area contributed by atoms with Gasteiger partial charge in [-0.1, -0.05) is 34.1 Å². The Morgan fingerprint density at radius 1 is 1.05 bits per heavy atom. The molecule has 20 heavy (non-hydrogen) atoms. The van der Waals surface area contributed by atoms with Gasteiger partial charge in [0, 0.05) is 17.6 Å². The minimum Gasteiger partial charge on any atom is -0.481 e. The van der Waals surface area contributed by atoms with Crippen LogP contribution in [0.2, 0.25) is 0 Å². The summed E-state index contributed by atoms with van der Waals surface area (Å²) in [5.41, 5.74) is 1.99. The van der Waals surface area contributed by atoms with Crippen molar-refractivity contribution in [2.45, 2.75) is 13.1 Å². The standard InChI is InChI=1S/C14H16BrN3O2/c1-19-13-11(14(20-2)18-9-17-13)8-16-7-10-5-3-4-6-12(10)15/h3-6,9,16H,7-8H2,1-2H3. The SMILES string of the molecule is COc1ncnc(OC)c1CNCc1ccccc1Br. The van der Waals surface area contributed by atoms with Gasteiger partial charge in [-0.05, 0) is 11.6 Å². The van der Waals surface area contributed by atoms with Crippen molar-refractivity contribution in [3.8, 4) is 11.8 Å². The van der Waals surface area contributed by atoms with E-state index in [9.17, 15) is 0 Å². The smallest absolute Gasteiger partial charge is 0.224 e. The molecule has 2 aromatic rings. The monoisotopic (exact) mass is 337 g/mol. The van der Waals surface area contributed by atoms with Gasteiger partial charge >= 0.3 is 0 Å². The Morgan fingerprint density at radius 3 is 2.30 bits per heavy atom. The summed E-state index contributed by atoms with van der Waals surface area (Å²) in [6, 6.07) is 8.08.